The number of aliphatic carboxylic acids is 1. The number of hydrogen-bond donors (Lipinski definition) is 3. The Morgan fingerprint density at radius 3 is 2.29 bits per heavy atom. The number of ether oxygens (including phenoxy) is 1. The van der Waals surface area contributed by atoms with Gasteiger partial charge in [0.15, 0.2) is 0 Å². The average Bonchev–Trinajstić information content (AvgIpc) is 3.16. The molecule has 2 aliphatic carbocycles. The lowest BCUT2D eigenvalue weighted by Crippen LogP contribution is -2.43. The van der Waals surface area contributed by atoms with E-state index in [-0.39, 0.29) is 49.2 Å². The monoisotopic (exact) mass is 478 g/mol. The number of carboxylic acid groups (broad SMARTS) is 1. The van der Waals surface area contributed by atoms with Crippen molar-refractivity contribution in [3.63, 3.8) is 0 Å². The van der Waals surface area contributed by atoms with Crippen molar-refractivity contribution in [1.82, 2.24) is 10.6 Å². The molecule has 0 aliphatic heterocycles. The van der Waals surface area contributed by atoms with Crippen molar-refractivity contribution < 1.29 is 24.2 Å². The van der Waals surface area contributed by atoms with Gasteiger partial charge in [-0.2, -0.15) is 0 Å². The quantitative estimate of drug-likeness (QED) is 0.485. The van der Waals surface area contributed by atoms with E-state index >= 15 is 0 Å². The first-order chi connectivity index (χ1) is 16.9. The minimum absolute atomic E-state index is 0.00518. The summed E-state index contributed by atoms with van der Waals surface area (Å²) in [7, 11) is 0. The molecular weight excluding hydrogens is 444 g/mol. The number of rotatable bonds is 9. The average molecular weight is 479 g/mol. The van der Waals surface area contributed by atoms with Crippen LogP contribution in [0.2, 0.25) is 0 Å². The summed E-state index contributed by atoms with van der Waals surface area (Å²) in [4.78, 5) is 36.0. The fourth-order valence-electron chi connectivity index (χ4n) is 5.43. The number of alkyl carbamates (subject to hydrolysis) is 1. The van der Waals surface area contributed by atoms with Crippen LogP contribution in [0, 0.1) is 11.8 Å². The second kappa shape index (κ2) is 11.4. The summed E-state index contributed by atoms with van der Waals surface area (Å²) in [5.41, 5.74) is 4.69. The van der Waals surface area contributed by atoms with Crippen molar-refractivity contribution in [2.24, 2.45) is 11.8 Å². The van der Waals surface area contributed by atoms with Gasteiger partial charge < -0.3 is 20.5 Å². The molecule has 2 aromatic rings. The smallest absolute Gasteiger partial charge is 0.407 e. The van der Waals surface area contributed by atoms with E-state index in [2.05, 4.69) is 34.9 Å². The molecule has 2 aliphatic rings. The Morgan fingerprint density at radius 2 is 1.63 bits per heavy atom. The van der Waals surface area contributed by atoms with Crippen LogP contribution in [-0.2, 0) is 14.3 Å². The number of hydrogen-bond acceptors (Lipinski definition) is 4. The largest absolute Gasteiger partial charge is 0.481 e. The molecule has 7 heteroatoms. The summed E-state index contributed by atoms with van der Waals surface area (Å²) in [6.45, 7) is 2.48. The second-order valence-electron chi connectivity index (χ2n) is 9.83. The Hall–Kier alpha value is -3.35. The third kappa shape index (κ3) is 6.21. The van der Waals surface area contributed by atoms with Crippen LogP contribution in [0.1, 0.15) is 62.5 Å². The SMILES string of the molecule is CC(CNC(=O)OCC1c2ccccc2-c2ccccc21)CC(=O)N[C@H]1CCCC[C@H]1CC(=O)O. The van der Waals surface area contributed by atoms with E-state index in [4.69, 9.17) is 9.84 Å². The molecule has 1 unspecified atom stereocenters. The van der Waals surface area contributed by atoms with Gasteiger partial charge in [0.25, 0.3) is 0 Å². The number of nitrogens with one attached hydrogen (secondary N) is 2. The molecule has 0 spiro atoms. The number of carbonyl (C=O) groups is 3. The number of carbonyl (C=O) groups excluding carboxylic acids is 2. The predicted molar refractivity (Wildman–Crippen MR) is 133 cm³/mol. The third-order valence-corrected chi connectivity index (χ3v) is 7.16. The molecule has 186 valence electrons. The maximum Gasteiger partial charge on any atom is 0.407 e. The van der Waals surface area contributed by atoms with Crippen LogP contribution >= 0.6 is 0 Å². The van der Waals surface area contributed by atoms with Crippen molar-refractivity contribution in [2.75, 3.05) is 13.2 Å². The van der Waals surface area contributed by atoms with Crippen LogP contribution in [0.3, 0.4) is 0 Å². The van der Waals surface area contributed by atoms with Crippen LogP contribution in [-0.4, -0.2) is 42.3 Å². The van der Waals surface area contributed by atoms with Crippen molar-refractivity contribution >= 4 is 18.0 Å². The standard InChI is InChI=1S/C28H34N2O5/c1-18(14-26(31)30-25-13-7-2-8-19(25)15-27(32)33)16-29-28(34)35-17-24-22-11-5-3-9-20(22)21-10-4-6-12-23(21)24/h3-6,9-12,18-19,24-25H,2,7-8,13-17H2,1H3,(H,29,34)(H,30,31)(H,32,33)/t18?,19-,25-/m0/s1. The third-order valence-electron chi connectivity index (χ3n) is 7.16. The summed E-state index contributed by atoms with van der Waals surface area (Å²) in [5.74, 6) is -1.01. The zero-order chi connectivity index (χ0) is 24.8. The Morgan fingerprint density at radius 1 is 1.00 bits per heavy atom. The van der Waals surface area contributed by atoms with Gasteiger partial charge in [-0.15, -0.1) is 0 Å². The van der Waals surface area contributed by atoms with E-state index in [9.17, 15) is 14.4 Å². The summed E-state index contributed by atoms with van der Waals surface area (Å²) < 4.78 is 5.56. The van der Waals surface area contributed by atoms with Gasteiger partial charge >= 0.3 is 12.1 Å². The normalized spacial score (nSPS) is 19.8. The molecule has 4 rings (SSSR count). The van der Waals surface area contributed by atoms with Crippen molar-refractivity contribution in [3.05, 3.63) is 59.7 Å². The van der Waals surface area contributed by atoms with Gasteiger partial charge in [-0.05, 0) is 46.9 Å². The summed E-state index contributed by atoms with van der Waals surface area (Å²) in [6, 6.07) is 16.3. The topological polar surface area (TPSA) is 105 Å². The number of fused-ring (bicyclic) bond motifs is 3. The van der Waals surface area contributed by atoms with Gasteiger partial charge in [-0.1, -0.05) is 68.3 Å². The molecule has 0 aromatic heterocycles. The van der Waals surface area contributed by atoms with Gasteiger partial charge in [0.2, 0.25) is 5.91 Å². The zero-order valence-corrected chi connectivity index (χ0v) is 20.2. The van der Waals surface area contributed by atoms with E-state index in [1.165, 1.54) is 11.1 Å². The molecule has 7 nitrogen and oxygen atoms in total. The number of amides is 2. The Balaban J connectivity index is 1.22. The first-order valence-electron chi connectivity index (χ1n) is 12.5. The zero-order valence-electron chi connectivity index (χ0n) is 20.2. The summed E-state index contributed by atoms with van der Waals surface area (Å²) >= 11 is 0. The molecule has 2 aromatic carbocycles. The molecular formula is C28H34N2O5. The van der Waals surface area contributed by atoms with E-state index in [0.717, 1.165) is 36.8 Å². The maximum atomic E-state index is 12.5. The minimum Gasteiger partial charge on any atom is -0.481 e. The Kier molecular flexibility index (Phi) is 8.06. The molecule has 1 fully saturated rings. The van der Waals surface area contributed by atoms with Crippen molar-refractivity contribution in [2.45, 2.75) is 57.4 Å². The molecule has 35 heavy (non-hydrogen) atoms. The first kappa shape index (κ1) is 24.8. The minimum atomic E-state index is -0.822. The van der Waals surface area contributed by atoms with E-state index < -0.39 is 12.1 Å². The van der Waals surface area contributed by atoms with Crippen LogP contribution in [0.4, 0.5) is 4.79 Å². The van der Waals surface area contributed by atoms with Gasteiger partial charge in [-0.3, -0.25) is 9.59 Å². The number of benzene rings is 2. The van der Waals surface area contributed by atoms with E-state index in [1.807, 2.05) is 31.2 Å². The summed E-state index contributed by atoms with van der Waals surface area (Å²) in [6.07, 6.45) is 3.51. The molecule has 0 heterocycles. The van der Waals surface area contributed by atoms with Gasteiger partial charge in [0, 0.05) is 24.9 Å². The molecule has 1 saturated carbocycles. The fourth-order valence-corrected chi connectivity index (χ4v) is 5.43. The van der Waals surface area contributed by atoms with Gasteiger partial charge in [0.05, 0.1) is 6.42 Å². The number of carboxylic acids is 1. The van der Waals surface area contributed by atoms with Crippen molar-refractivity contribution in [1.29, 1.82) is 0 Å². The maximum absolute atomic E-state index is 12.5. The van der Waals surface area contributed by atoms with Crippen LogP contribution in [0.5, 0.6) is 0 Å². The van der Waals surface area contributed by atoms with E-state index in [0.29, 0.717) is 6.54 Å². The van der Waals surface area contributed by atoms with Gasteiger partial charge in [0.1, 0.15) is 6.61 Å². The van der Waals surface area contributed by atoms with Gasteiger partial charge in [-0.25, -0.2) is 4.79 Å². The highest BCUT2D eigenvalue weighted by Crippen LogP contribution is 2.44. The second-order valence-corrected chi connectivity index (χ2v) is 9.83. The fraction of sp³-hybridized carbons (Fsp3) is 0.464. The highest BCUT2D eigenvalue weighted by molar-refractivity contribution is 5.79. The lowest BCUT2D eigenvalue weighted by molar-refractivity contribution is -0.139. The van der Waals surface area contributed by atoms with Crippen molar-refractivity contribution in [3.8, 4) is 11.1 Å². The Bertz CT molecular complexity index is 1020. The molecule has 0 saturated heterocycles. The lowest BCUT2D eigenvalue weighted by atomic mass is 9.82. The first-order valence-corrected chi connectivity index (χ1v) is 12.5. The van der Waals surface area contributed by atoms with Crippen LogP contribution in [0.15, 0.2) is 48.5 Å². The van der Waals surface area contributed by atoms with E-state index in [1.54, 1.807) is 0 Å². The highest BCUT2D eigenvalue weighted by atomic mass is 16.5. The molecule has 0 radical (unpaired) electrons. The lowest BCUT2D eigenvalue weighted by Gasteiger charge is -2.31. The molecule has 3 N–H and O–H groups in total. The summed E-state index contributed by atoms with van der Waals surface area (Å²) in [5, 5.41) is 14.9. The molecule has 0 bridgehead atoms. The Labute approximate surface area is 206 Å². The van der Waals surface area contributed by atoms with Crippen LogP contribution < -0.4 is 10.6 Å². The molecule has 3 atom stereocenters. The van der Waals surface area contributed by atoms with Crippen LogP contribution in [0.25, 0.3) is 11.1 Å². The highest BCUT2D eigenvalue weighted by Gasteiger charge is 2.30. The predicted octanol–water partition coefficient (Wildman–Crippen LogP) is 4.70. The molecule has 2 amide bonds.